The van der Waals surface area contributed by atoms with E-state index in [2.05, 4.69) is 58.3 Å². The first-order chi connectivity index (χ1) is 17.0. The van der Waals surface area contributed by atoms with Gasteiger partial charge in [0.15, 0.2) is 0 Å². The Morgan fingerprint density at radius 3 is 2.66 bits per heavy atom. The lowest BCUT2D eigenvalue weighted by atomic mass is 9.58. The van der Waals surface area contributed by atoms with Gasteiger partial charge in [0.05, 0.1) is 23.1 Å². The second-order valence-corrected chi connectivity index (χ2v) is 10.4. The molecule has 6 nitrogen and oxygen atoms in total. The summed E-state index contributed by atoms with van der Waals surface area (Å²) in [5.74, 6) is 1.92. The van der Waals surface area contributed by atoms with Crippen LogP contribution in [-0.4, -0.2) is 37.5 Å². The van der Waals surface area contributed by atoms with Crippen molar-refractivity contribution < 1.29 is 5.11 Å². The second-order valence-electron chi connectivity index (χ2n) is 10.4. The van der Waals surface area contributed by atoms with E-state index >= 15 is 0 Å². The smallest absolute Gasteiger partial charge is 0.116 e. The van der Waals surface area contributed by atoms with Crippen LogP contribution in [0.1, 0.15) is 31.5 Å². The summed E-state index contributed by atoms with van der Waals surface area (Å²) in [6.07, 6.45) is 4.30. The third-order valence-corrected chi connectivity index (χ3v) is 8.16. The van der Waals surface area contributed by atoms with Crippen LogP contribution in [0, 0.1) is 5.41 Å². The number of imidazole rings is 1. The minimum absolute atomic E-state index is 0.279. The summed E-state index contributed by atoms with van der Waals surface area (Å²) < 4.78 is 4.30. The molecule has 0 bridgehead atoms. The number of aromatic hydroxyl groups is 1. The fourth-order valence-corrected chi connectivity index (χ4v) is 6.31. The van der Waals surface area contributed by atoms with E-state index in [0.29, 0.717) is 11.3 Å². The Labute approximate surface area is 204 Å². The van der Waals surface area contributed by atoms with Crippen LogP contribution in [0.25, 0.3) is 44.2 Å². The van der Waals surface area contributed by atoms with Gasteiger partial charge in [-0.25, -0.2) is 4.98 Å². The van der Waals surface area contributed by atoms with Crippen molar-refractivity contribution in [3.05, 3.63) is 66.6 Å². The highest BCUT2D eigenvalue weighted by molar-refractivity contribution is 6.00. The zero-order valence-electron chi connectivity index (χ0n) is 20.1. The standard InChI is InChI=1S/C29H29N5O/c1-3-34-27(24-12-22(35)11-18-6-4-5-7-23(18)24)26(19-8-9-25-20(10-19)15-31-33(25)2)32-28(34)21-13-29(14-21)16-30-17-29/h4-12,15,21,30,35H,3,13-14,16-17H2,1-2H3. The number of rotatable bonds is 4. The number of fused-ring (bicyclic) bond motifs is 2. The Hall–Kier alpha value is -3.64. The van der Waals surface area contributed by atoms with Gasteiger partial charge >= 0.3 is 0 Å². The van der Waals surface area contributed by atoms with Gasteiger partial charge in [-0.3, -0.25) is 4.68 Å². The van der Waals surface area contributed by atoms with Crippen molar-refractivity contribution >= 4 is 21.7 Å². The summed E-state index contributed by atoms with van der Waals surface area (Å²) in [6.45, 7) is 5.29. The van der Waals surface area contributed by atoms with E-state index in [0.717, 1.165) is 63.8 Å². The highest BCUT2D eigenvalue weighted by Crippen LogP contribution is 2.54. The highest BCUT2D eigenvalue weighted by Gasteiger charge is 2.50. The molecule has 5 aromatic rings. The monoisotopic (exact) mass is 463 g/mol. The molecule has 6 heteroatoms. The van der Waals surface area contributed by atoms with Crippen LogP contribution >= 0.6 is 0 Å². The first-order valence-electron chi connectivity index (χ1n) is 12.5. The van der Waals surface area contributed by atoms with Crippen molar-refractivity contribution in [3.63, 3.8) is 0 Å². The lowest BCUT2D eigenvalue weighted by molar-refractivity contribution is 0.0319. The predicted octanol–water partition coefficient (Wildman–Crippen LogP) is 5.45. The molecule has 1 spiro atoms. The number of aryl methyl sites for hydroxylation is 1. The number of phenols is 1. The van der Waals surface area contributed by atoms with Gasteiger partial charge in [-0.15, -0.1) is 0 Å². The molecule has 0 amide bonds. The van der Waals surface area contributed by atoms with Crippen molar-refractivity contribution in [2.24, 2.45) is 12.5 Å². The van der Waals surface area contributed by atoms with E-state index in [9.17, 15) is 5.11 Å². The number of hydrogen-bond acceptors (Lipinski definition) is 4. The maximum absolute atomic E-state index is 10.7. The van der Waals surface area contributed by atoms with Crippen molar-refractivity contribution in [1.29, 1.82) is 0 Å². The van der Waals surface area contributed by atoms with Crippen molar-refractivity contribution in [2.75, 3.05) is 13.1 Å². The molecular weight excluding hydrogens is 434 g/mol. The third kappa shape index (κ3) is 3.06. The molecule has 0 unspecified atom stereocenters. The van der Waals surface area contributed by atoms with E-state index < -0.39 is 0 Å². The lowest BCUT2D eigenvalue weighted by Gasteiger charge is -2.54. The first-order valence-corrected chi connectivity index (χ1v) is 12.5. The summed E-state index contributed by atoms with van der Waals surface area (Å²) in [5, 5.41) is 21.8. The fourth-order valence-electron chi connectivity index (χ4n) is 6.31. The second kappa shape index (κ2) is 7.43. The van der Waals surface area contributed by atoms with E-state index in [1.54, 1.807) is 0 Å². The molecule has 3 heterocycles. The Bertz CT molecular complexity index is 1600. The van der Waals surface area contributed by atoms with Crippen LogP contribution < -0.4 is 5.32 Å². The van der Waals surface area contributed by atoms with Gasteiger partial charge < -0.3 is 15.0 Å². The average molecular weight is 464 g/mol. The molecule has 1 saturated heterocycles. The number of aromatic nitrogens is 4. The van der Waals surface area contributed by atoms with Gasteiger partial charge in [-0.1, -0.05) is 30.3 Å². The minimum Gasteiger partial charge on any atom is -0.508 e. The normalized spacial score (nSPS) is 17.2. The quantitative estimate of drug-likeness (QED) is 0.372. The summed E-state index contributed by atoms with van der Waals surface area (Å²) in [7, 11) is 1.97. The fraction of sp³-hybridized carbons (Fsp3) is 0.310. The molecule has 176 valence electrons. The third-order valence-electron chi connectivity index (χ3n) is 8.16. The Morgan fingerprint density at radius 1 is 1.06 bits per heavy atom. The molecule has 1 aliphatic carbocycles. The molecule has 2 N–H and O–H groups in total. The molecule has 2 aliphatic rings. The van der Waals surface area contributed by atoms with E-state index in [-0.39, 0.29) is 5.75 Å². The highest BCUT2D eigenvalue weighted by atomic mass is 16.3. The van der Waals surface area contributed by atoms with Crippen LogP contribution in [0.5, 0.6) is 5.75 Å². The Balaban J connectivity index is 1.48. The van der Waals surface area contributed by atoms with Gasteiger partial charge in [0, 0.05) is 49.1 Å². The van der Waals surface area contributed by atoms with Crippen molar-refractivity contribution in [1.82, 2.24) is 24.6 Å². The molecule has 0 radical (unpaired) electrons. The van der Waals surface area contributed by atoms with Gasteiger partial charge in [0.25, 0.3) is 0 Å². The Kier molecular flexibility index (Phi) is 4.39. The predicted molar refractivity (Wildman–Crippen MR) is 139 cm³/mol. The lowest BCUT2D eigenvalue weighted by Crippen LogP contribution is -2.59. The SMILES string of the molecule is CCn1c(C2CC3(CNC3)C2)nc(-c2ccc3c(cnn3C)c2)c1-c1cc(O)cc2ccccc12. The number of benzene rings is 3. The molecule has 35 heavy (non-hydrogen) atoms. The van der Waals surface area contributed by atoms with Crippen LogP contribution in [0.15, 0.2) is 60.8 Å². The molecule has 0 atom stereocenters. The van der Waals surface area contributed by atoms with Crippen molar-refractivity contribution in [2.45, 2.75) is 32.2 Å². The maximum atomic E-state index is 10.7. The zero-order chi connectivity index (χ0) is 23.7. The summed E-state index contributed by atoms with van der Waals surface area (Å²) in [5.41, 5.74) is 5.76. The van der Waals surface area contributed by atoms with Crippen LogP contribution in [0.3, 0.4) is 0 Å². The van der Waals surface area contributed by atoms with Gasteiger partial charge in [-0.05, 0) is 60.2 Å². The molecule has 2 aromatic heterocycles. The van der Waals surface area contributed by atoms with Crippen LogP contribution in [0.4, 0.5) is 0 Å². The molecule has 7 rings (SSSR count). The van der Waals surface area contributed by atoms with Gasteiger partial charge in [0.2, 0.25) is 0 Å². The largest absolute Gasteiger partial charge is 0.508 e. The Morgan fingerprint density at radius 2 is 1.89 bits per heavy atom. The summed E-state index contributed by atoms with van der Waals surface area (Å²) in [6, 6.07) is 18.5. The minimum atomic E-state index is 0.279. The molecule has 1 aliphatic heterocycles. The van der Waals surface area contributed by atoms with E-state index in [1.165, 1.54) is 18.7 Å². The molecule has 2 fully saturated rings. The van der Waals surface area contributed by atoms with Gasteiger partial charge in [-0.2, -0.15) is 5.10 Å². The first kappa shape index (κ1) is 20.7. The molecule has 3 aromatic carbocycles. The number of hydrogen-bond donors (Lipinski definition) is 2. The molecular formula is C29H29N5O. The van der Waals surface area contributed by atoms with E-state index in [1.807, 2.05) is 36.1 Å². The number of phenolic OH excluding ortho intramolecular Hbond substituents is 1. The topological polar surface area (TPSA) is 67.9 Å². The van der Waals surface area contributed by atoms with E-state index in [4.69, 9.17) is 4.98 Å². The van der Waals surface area contributed by atoms with Gasteiger partial charge in [0.1, 0.15) is 11.6 Å². The maximum Gasteiger partial charge on any atom is 0.116 e. The van der Waals surface area contributed by atoms with Crippen molar-refractivity contribution in [3.8, 4) is 28.3 Å². The van der Waals surface area contributed by atoms with Crippen LogP contribution in [0.2, 0.25) is 0 Å². The number of nitrogens with one attached hydrogen (secondary N) is 1. The summed E-state index contributed by atoms with van der Waals surface area (Å²) in [4.78, 5) is 5.36. The summed E-state index contributed by atoms with van der Waals surface area (Å²) >= 11 is 0. The average Bonchev–Trinajstić information content (AvgIpc) is 3.37. The number of nitrogens with zero attached hydrogens (tertiary/aromatic N) is 4. The molecule has 1 saturated carbocycles. The zero-order valence-corrected chi connectivity index (χ0v) is 20.1. The van der Waals surface area contributed by atoms with Crippen LogP contribution in [-0.2, 0) is 13.6 Å².